The molecule has 0 heterocycles. The Bertz CT molecular complexity index is 1390. The minimum absolute atomic E-state index is 0.0233. The van der Waals surface area contributed by atoms with E-state index in [1.165, 1.54) is 42.5 Å². The van der Waals surface area contributed by atoms with Gasteiger partial charge < -0.3 is 47.5 Å². The van der Waals surface area contributed by atoms with Gasteiger partial charge in [-0.15, -0.1) is 0 Å². The van der Waals surface area contributed by atoms with E-state index in [0.717, 1.165) is 0 Å². The van der Waals surface area contributed by atoms with Gasteiger partial charge in [0, 0.05) is 11.1 Å². The molecule has 12 nitrogen and oxygen atoms in total. The number of aliphatic carboxylic acids is 3. The SMILES string of the molecule is NC(Cc1ccc(O)c(Oc2ccc(CC(N)C(=O)O)cc2-c2cc(CC(N)C(=O)O)ccc2O)c1)C(=O)O. The molecule has 0 fully saturated rings. The zero-order valence-corrected chi connectivity index (χ0v) is 20.7. The maximum Gasteiger partial charge on any atom is 0.320 e. The molecule has 0 aliphatic carbocycles. The summed E-state index contributed by atoms with van der Waals surface area (Å²) in [5, 5.41) is 48.6. The Morgan fingerprint density at radius 2 is 1.00 bits per heavy atom. The summed E-state index contributed by atoms with van der Waals surface area (Å²) in [6.07, 6.45) is -0.104. The number of carboxylic acids is 3. The lowest BCUT2D eigenvalue weighted by molar-refractivity contribution is -0.139. The molecule has 0 aliphatic heterocycles. The van der Waals surface area contributed by atoms with E-state index in [1.54, 1.807) is 12.1 Å². The summed E-state index contributed by atoms with van der Waals surface area (Å²) in [6, 6.07) is 9.76. The van der Waals surface area contributed by atoms with E-state index in [1.807, 2.05) is 0 Å². The van der Waals surface area contributed by atoms with Crippen molar-refractivity contribution in [2.75, 3.05) is 0 Å². The topological polar surface area (TPSA) is 240 Å². The molecule has 12 heteroatoms. The summed E-state index contributed by atoms with van der Waals surface area (Å²) in [4.78, 5) is 33.7. The largest absolute Gasteiger partial charge is 0.507 e. The Kier molecular flexibility index (Phi) is 9.09. The first kappa shape index (κ1) is 28.9. The maximum absolute atomic E-state index is 11.3. The highest BCUT2D eigenvalue weighted by atomic mass is 16.5. The summed E-state index contributed by atoms with van der Waals surface area (Å²) < 4.78 is 5.98. The number of carbonyl (C=O) groups is 3. The lowest BCUT2D eigenvalue weighted by Crippen LogP contribution is -2.32. The van der Waals surface area contributed by atoms with E-state index in [4.69, 9.17) is 27.0 Å². The molecule has 0 saturated carbocycles. The Morgan fingerprint density at radius 3 is 1.49 bits per heavy atom. The lowest BCUT2D eigenvalue weighted by Gasteiger charge is -2.17. The second-order valence-corrected chi connectivity index (χ2v) is 9.03. The molecule has 11 N–H and O–H groups in total. The van der Waals surface area contributed by atoms with E-state index in [-0.39, 0.29) is 47.8 Å². The van der Waals surface area contributed by atoms with Gasteiger partial charge in [0.1, 0.15) is 29.6 Å². The number of nitrogens with two attached hydrogens (primary N) is 3. The number of carboxylic acid groups (broad SMARTS) is 3. The average Bonchev–Trinajstić information content (AvgIpc) is 2.87. The fourth-order valence-corrected chi connectivity index (χ4v) is 3.84. The number of rotatable bonds is 12. The van der Waals surface area contributed by atoms with E-state index in [9.17, 15) is 34.8 Å². The first-order chi connectivity index (χ1) is 18.3. The van der Waals surface area contributed by atoms with Gasteiger partial charge in [-0.1, -0.05) is 18.2 Å². The van der Waals surface area contributed by atoms with Crippen LogP contribution in [0.1, 0.15) is 16.7 Å². The predicted molar refractivity (Wildman–Crippen MR) is 140 cm³/mol. The zero-order chi connectivity index (χ0) is 28.9. The highest BCUT2D eigenvalue weighted by Crippen LogP contribution is 2.41. The maximum atomic E-state index is 11.3. The van der Waals surface area contributed by atoms with E-state index in [0.29, 0.717) is 22.3 Å². The van der Waals surface area contributed by atoms with Gasteiger partial charge in [-0.25, -0.2) is 0 Å². The number of hydrogen-bond donors (Lipinski definition) is 8. The number of hydrogen-bond acceptors (Lipinski definition) is 9. The van der Waals surface area contributed by atoms with Gasteiger partial charge in [0.2, 0.25) is 0 Å². The Balaban J connectivity index is 2.09. The molecule has 3 atom stereocenters. The smallest absolute Gasteiger partial charge is 0.320 e. The number of benzene rings is 3. The average molecular weight is 540 g/mol. The van der Waals surface area contributed by atoms with Crippen molar-refractivity contribution in [3.05, 3.63) is 71.3 Å². The molecule has 3 rings (SSSR count). The third kappa shape index (κ3) is 7.45. The van der Waals surface area contributed by atoms with E-state index < -0.39 is 36.0 Å². The second kappa shape index (κ2) is 12.3. The Morgan fingerprint density at radius 1 is 0.590 bits per heavy atom. The standard InChI is InChI=1S/C27H29N3O9/c28-18(25(33)34)9-13-1-4-21(31)16(7-13)17-8-14(10-19(29)26(35)36)3-6-23(17)39-24-12-15(2-5-22(24)32)11-20(30)27(37)38/h1-8,12,18-20,31-32H,9-11,28-30H2,(H,33,34)(H,35,36)(H,37,38). The summed E-state index contributed by atoms with van der Waals surface area (Å²) in [6.45, 7) is 0. The van der Waals surface area contributed by atoms with Crippen LogP contribution >= 0.6 is 0 Å². The van der Waals surface area contributed by atoms with Crippen LogP contribution in [0.2, 0.25) is 0 Å². The highest BCUT2D eigenvalue weighted by molar-refractivity contribution is 5.79. The zero-order valence-electron chi connectivity index (χ0n) is 20.7. The molecule has 39 heavy (non-hydrogen) atoms. The molecule has 0 spiro atoms. The number of phenolic OH excluding ortho intramolecular Hbond substituents is 2. The van der Waals surface area contributed by atoms with Crippen LogP contribution in [0, 0.1) is 0 Å². The minimum atomic E-state index is -1.20. The first-order valence-corrected chi connectivity index (χ1v) is 11.8. The van der Waals surface area contributed by atoms with Crippen molar-refractivity contribution in [2.45, 2.75) is 37.4 Å². The third-order valence-corrected chi connectivity index (χ3v) is 5.96. The van der Waals surface area contributed by atoms with Gasteiger partial charge in [0.25, 0.3) is 0 Å². The minimum Gasteiger partial charge on any atom is -0.507 e. The fraction of sp³-hybridized carbons (Fsp3) is 0.222. The first-order valence-electron chi connectivity index (χ1n) is 11.8. The lowest BCUT2D eigenvalue weighted by atomic mass is 9.95. The Hall–Kier alpha value is -4.65. The molecular formula is C27H29N3O9. The van der Waals surface area contributed by atoms with E-state index >= 15 is 0 Å². The van der Waals surface area contributed by atoms with Crippen LogP contribution in [0.5, 0.6) is 23.0 Å². The second-order valence-electron chi connectivity index (χ2n) is 9.03. The predicted octanol–water partition coefficient (Wildman–Crippen LogP) is 1.42. The molecule has 3 aromatic rings. The summed E-state index contributed by atoms with van der Waals surface area (Å²) in [5.41, 5.74) is 19.0. The van der Waals surface area contributed by atoms with Crippen LogP contribution in [0.3, 0.4) is 0 Å². The number of phenols is 2. The van der Waals surface area contributed by atoms with Crippen molar-refractivity contribution in [3.8, 4) is 34.1 Å². The normalized spacial score (nSPS) is 13.3. The van der Waals surface area contributed by atoms with Crippen molar-refractivity contribution >= 4 is 17.9 Å². The van der Waals surface area contributed by atoms with Crippen molar-refractivity contribution in [2.24, 2.45) is 17.2 Å². The van der Waals surface area contributed by atoms with Crippen LogP contribution in [0.15, 0.2) is 54.6 Å². The molecule has 0 amide bonds. The summed E-state index contributed by atoms with van der Waals surface area (Å²) in [7, 11) is 0. The van der Waals surface area contributed by atoms with Crippen LogP contribution < -0.4 is 21.9 Å². The van der Waals surface area contributed by atoms with Crippen molar-refractivity contribution in [1.82, 2.24) is 0 Å². The number of ether oxygens (including phenoxy) is 1. The molecule has 0 radical (unpaired) electrons. The number of aromatic hydroxyl groups is 2. The molecule has 0 bridgehead atoms. The molecule has 3 aromatic carbocycles. The molecule has 0 aliphatic rings. The van der Waals surface area contributed by atoms with Crippen molar-refractivity contribution < 1.29 is 44.7 Å². The summed E-state index contributed by atoms with van der Waals surface area (Å²) in [5.74, 6) is -3.91. The Labute approximate surface area is 222 Å². The van der Waals surface area contributed by atoms with Gasteiger partial charge >= 0.3 is 17.9 Å². The van der Waals surface area contributed by atoms with Crippen LogP contribution in [0.4, 0.5) is 0 Å². The van der Waals surface area contributed by atoms with Crippen LogP contribution in [-0.4, -0.2) is 61.6 Å². The molecule has 3 unspecified atom stereocenters. The van der Waals surface area contributed by atoms with Gasteiger partial charge in [-0.2, -0.15) is 0 Å². The van der Waals surface area contributed by atoms with Gasteiger partial charge in [0.15, 0.2) is 11.5 Å². The summed E-state index contributed by atoms with van der Waals surface area (Å²) >= 11 is 0. The van der Waals surface area contributed by atoms with Crippen LogP contribution in [-0.2, 0) is 33.6 Å². The quantitative estimate of drug-likeness (QED) is 0.163. The van der Waals surface area contributed by atoms with Gasteiger partial charge in [-0.3, -0.25) is 14.4 Å². The van der Waals surface area contributed by atoms with Crippen LogP contribution in [0.25, 0.3) is 11.1 Å². The fourth-order valence-electron chi connectivity index (χ4n) is 3.84. The van der Waals surface area contributed by atoms with Crippen molar-refractivity contribution in [3.63, 3.8) is 0 Å². The molecular weight excluding hydrogens is 510 g/mol. The molecule has 206 valence electrons. The van der Waals surface area contributed by atoms with Gasteiger partial charge in [-0.05, 0) is 72.4 Å². The third-order valence-electron chi connectivity index (χ3n) is 5.96. The van der Waals surface area contributed by atoms with E-state index in [2.05, 4.69) is 0 Å². The van der Waals surface area contributed by atoms with Gasteiger partial charge in [0.05, 0.1) is 0 Å². The highest BCUT2D eigenvalue weighted by Gasteiger charge is 2.20. The molecule has 0 aromatic heterocycles. The van der Waals surface area contributed by atoms with Crippen molar-refractivity contribution in [1.29, 1.82) is 0 Å². The monoisotopic (exact) mass is 539 g/mol. The molecule has 0 saturated heterocycles.